The molecule has 0 bridgehead atoms. The van der Waals surface area contributed by atoms with Crippen LogP contribution in [-0.4, -0.2) is 17.9 Å². The van der Waals surface area contributed by atoms with Crippen LogP contribution in [0.1, 0.15) is 15.9 Å². The highest BCUT2D eigenvalue weighted by Gasteiger charge is 2.15. The average Bonchev–Trinajstić information content (AvgIpc) is 2.40. The molecule has 0 saturated carbocycles. The lowest BCUT2D eigenvalue weighted by atomic mass is 10.1. The van der Waals surface area contributed by atoms with Crippen molar-refractivity contribution in [1.29, 1.82) is 0 Å². The molecule has 0 N–H and O–H groups in total. The highest BCUT2D eigenvalue weighted by atomic mass is 79.9. The van der Waals surface area contributed by atoms with Gasteiger partial charge in [-0.25, -0.2) is 0 Å². The number of hydrogen-bond donors (Lipinski definition) is 1. The molecule has 104 valence electrons. The smallest absolute Gasteiger partial charge is 0.255 e. The lowest BCUT2D eigenvalue weighted by Crippen LogP contribution is -2.26. The summed E-state index contributed by atoms with van der Waals surface area (Å²) in [6.07, 6.45) is 0. The number of hydrogen-bond acceptors (Lipinski definition) is 2. The van der Waals surface area contributed by atoms with E-state index in [-0.39, 0.29) is 5.91 Å². The van der Waals surface area contributed by atoms with Crippen LogP contribution in [0.5, 0.6) is 0 Å². The molecule has 0 heterocycles. The SMILES string of the molecule is CN(Cc1cccc(Br)c1)C(=O)c1cc(S)ccc1Br. The molecule has 0 radical (unpaired) electrons. The van der Waals surface area contributed by atoms with Gasteiger partial charge in [0.1, 0.15) is 0 Å². The molecule has 0 aromatic heterocycles. The number of halogens is 2. The molecule has 0 aliphatic carbocycles. The fraction of sp³-hybridized carbons (Fsp3) is 0.133. The molecule has 0 fully saturated rings. The van der Waals surface area contributed by atoms with Gasteiger partial charge < -0.3 is 4.90 Å². The van der Waals surface area contributed by atoms with Crippen LogP contribution < -0.4 is 0 Å². The topological polar surface area (TPSA) is 20.3 Å². The first kappa shape index (κ1) is 15.6. The van der Waals surface area contributed by atoms with Crippen molar-refractivity contribution in [1.82, 2.24) is 4.90 Å². The summed E-state index contributed by atoms with van der Waals surface area (Å²) in [4.78, 5) is 14.9. The van der Waals surface area contributed by atoms with Gasteiger partial charge in [-0.15, -0.1) is 12.6 Å². The first-order valence-corrected chi connectivity index (χ1v) is 7.99. The minimum Gasteiger partial charge on any atom is -0.337 e. The van der Waals surface area contributed by atoms with Crippen LogP contribution >= 0.6 is 44.5 Å². The number of amides is 1. The van der Waals surface area contributed by atoms with E-state index >= 15 is 0 Å². The van der Waals surface area contributed by atoms with Crippen LogP contribution in [0, 0.1) is 0 Å². The molecular formula is C15H13Br2NOS. The largest absolute Gasteiger partial charge is 0.337 e. The summed E-state index contributed by atoms with van der Waals surface area (Å²) >= 11 is 11.1. The first-order valence-electron chi connectivity index (χ1n) is 5.96. The van der Waals surface area contributed by atoms with E-state index in [2.05, 4.69) is 44.5 Å². The number of thiol groups is 1. The zero-order chi connectivity index (χ0) is 14.7. The van der Waals surface area contributed by atoms with Crippen molar-refractivity contribution < 1.29 is 4.79 Å². The summed E-state index contributed by atoms with van der Waals surface area (Å²) in [7, 11) is 1.79. The third-order valence-electron chi connectivity index (χ3n) is 2.84. The molecule has 2 rings (SSSR count). The molecule has 0 atom stereocenters. The van der Waals surface area contributed by atoms with Gasteiger partial charge in [-0.3, -0.25) is 4.79 Å². The van der Waals surface area contributed by atoms with Gasteiger partial charge in [0.15, 0.2) is 0 Å². The molecule has 0 aliphatic rings. The third kappa shape index (κ3) is 3.87. The Bertz CT molecular complexity index is 646. The second-order valence-corrected chi connectivity index (χ2v) is 6.74. The molecular weight excluding hydrogens is 402 g/mol. The standard InChI is InChI=1S/C15H13Br2NOS/c1-18(9-10-3-2-4-11(16)7-10)15(19)13-8-12(20)5-6-14(13)17/h2-8,20H,9H2,1H3. The normalized spacial score (nSPS) is 10.4. The number of nitrogens with zero attached hydrogens (tertiary/aromatic N) is 1. The maximum atomic E-state index is 12.5. The van der Waals surface area contributed by atoms with Gasteiger partial charge in [0, 0.05) is 27.4 Å². The van der Waals surface area contributed by atoms with Crippen molar-refractivity contribution in [3.8, 4) is 0 Å². The Morgan fingerprint density at radius 2 is 1.95 bits per heavy atom. The molecule has 2 aromatic rings. The molecule has 0 saturated heterocycles. The molecule has 5 heteroatoms. The maximum Gasteiger partial charge on any atom is 0.255 e. The summed E-state index contributed by atoms with van der Waals surface area (Å²) in [6.45, 7) is 0.557. The van der Waals surface area contributed by atoms with Gasteiger partial charge >= 0.3 is 0 Å². The Morgan fingerprint density at radius 3 is 2.65 bits per heavy atom. The summed E-state index contributed by atoms with van der Waals surface area (Å²) in [5.41, 5.74) is 1.70. The number of carbonyl (C=O) groups excluding carboxylic acids is 1. The third-order valence-corrected chi connectivity index (χ3v) is 4.30. The van der Waals surface area contributed by atoms with Crippen molar-refractivity contribution >= 4 is 50.4 Å². The highest BCUT2D eigenvalue weighted by molar-refractivity contribution is 9.10. The van der Waals surface area contributed by atoms with Crippen molar-refractivity contribution in [3.05, 3.63) is 62.5 Å². The van der Waals surface area contributed by atoms with Crippen LogP contribution in [-0.2, 0) is 6.54 Å². The van der Waals surface area contributed by atoms with E-state index in [0.29, 0.717) is 12.1 Å². The molecule has 1 amide bonds. The average molecular weight is 415 g/mol. The van der Waals surface area contributed by atoms with E-state index < -0.39 is 0 Å². The molecule has 20 heavy (non-hydrogen) atoms. The van der Waals surface area contributed by atoms with E-state index in [9.17, 15) is 4.79 Å². The Morgan fingerprint density at radius 1 is 1.20 bits per heavy atom. The van der Waals surface area contributed by atoms with Crippen LogP contribution in [0.15, 0.2) is 56.3 Å². The summed E-state index contributed by atoms with van der Waals surface area (Å²) in [5, 5.41) is 0. The highest BCUT2D eigenvalue weighted by Crippen LogP contribution is 2.22. The lowest BCUT2D eigenvalue weighted by Gasteiger charge is -2.18. The van der Waals surface area contributed by atoms with E-state index in [4.69, 9.17) is 0 Å². The summed E-state index contributed by atoms with van der Waals surface area (Å²) in [5.74, 6) is -0.0345. The Labute approximate surface area is 140 Å². The number of benzene rings is 2. The predicted molar refractivity (Wildman–Crippen MR) is 91.3 cm³/mol. The second-order valence-electron chi connectivity index (χ2n) is 4.46. The van der Waals surface area contributed by atoms with Gasteiger partial charge in [-0.05, 0) is 51.8 Å². The van der Waals surface area contributed by atoms with E-state index in [1.54, 1.807) is 18.0 Å². The van der Waals surface area contributed by atoms with Gasteiger partial charge in [-0.1, -0.05) is 28.1 Å². The van der Waals surface area contributed by atoms with Crippen LogP contribution in [0.4, 0.5) is 0 Å². The Balaban J connectivity index is 2.18. The maximum absolute atomic E-state index is 12.5. The second kappa shape index (κ2) is 6.78. The summed E-state index contributed by atoms with van der Waals surface area (Å²) in [6, 6.07) is 13.4. The molecule has 2 nitrogen and oxygen atoms in total. The van der Waals surface area contributed by atoms with Crippen LogP contribution in [0.2, 0.25) is 0 Å². The van der Waals surface area contributed by atoms with Crippen LogP contribution in [0.25, 0.3) is 0 Å². The first-order chi connectivity index (χ1) is 9.47. The zero-order valence-corrected chi connectivity index (χ0v) is 14.9. The molecule has 0 aliphatic heterocycles. The van der Waals surface area contributed by atoms with Crippen molar-refractivity contribution in [2.45, 2.75) is 11.4 Å². The zero-order valence-electron chi connectivity index (χ0n) is 10.8. The number of rotatable bonds is 3. The minimum absolute atomic E-state index is 0.0345. The van der Waals surface area contributed by atoms with Gasteiger partial charge in [0.05, 0.1) is 5.56 Å². The lowest BCUT2D eigenvalue weighted by molar-refractivity contribution is 0.0784. The van der Waals surface area contributed by atoms with Gasteiger partial charge in [-0.2, -0.15) is 0 Å². The predicted octanol–water partition coefficient (Wildman–Crippen LogP) is 4.77. The molecule has 0 unspecified atom stereocenters. The Kier molecular flexibility index (Phi) is 5.29. The van der Waals surface area contributed by atoms with Gasteiger partial charge in [0.25, 0.3) is 5.91 Å². The van der Waals surface area contributed by atoms with Crippen LogP contribution in [0.3, 0.4) is 0 Å². The van der Waals surface area contributed by atoms with E-state index in [0.717, 1.165) is 19.4 Å². The fourth-order valence-corrected chi connectivity index (χ4v) is 2.93. The van der Waals surface area contributed by atoms with E-state index in [1.807, 2.05) is 36.4 Å². The van der Waals surface area contributed by atoms with Crippen molar-refractivity contribution in [2.75, 3.05) is 7.05 Å². The van der Waals surface area contributed by atoms with E-state index in [1.165, 1.54) is 0 Å². The fourth-order valence-electron chi connectivity index (χ4n) is 1.86. The van der Waals surface area contributed by atoms with Gasteiger partial charge in [0.2, 0.25) is 0 Å². The molecule has 0 spiro atoms. The Hall–Kier alpha value is -0.780. The summed E-state index contributed by atoms with van der Waals surface area (Å²) < 4.78 is 1.79. The molecule has 2 aromatic carbocycles. The van der Waals surface area contributed by atoms with Crippen molar-refractivity contribution in [2.24, 2.45) is 0 Å². The minimum atomic E-state index is -0.0345. The quantitative estimate of drug-likeness (QED) is 0.717. The number of carbonyl (C=O) groups is 1. The monoisotopic (exact) mass is 413 g/mol. The van der Waals surface area contributed by atoms with Crippen molar-refractivity contribution in [3.63, 3.8) is 0 Å².